The van der Waals surface area contributed by atoms with Gasteiger partial charge in [0.1, 0.15) is 0 Å². The van der Waals surface area contributed by atoms with Crippen molar-refractivity contribution in [2.24, 2.45) is 0 Å². The Balaban J connectivity index is 2.27. The molecule has 0 aliphatic carbocycles. The third-order valence-electron chi connectivity index (χ3n) is 2.38. The van der Waals surface area contributed by atoms with E-state index in [9.17, 15) is 0 Å². The summed E-state index contributed by atoms with van der Waals surface area (Å²) in [5, 5.41) is 0. The van der Waals surface area contributed by atoms with Crippen LogP contribution in [0.3, 0.4) is 0 Å². The van der Waals surface area contributed by atoms with Gasteiger partial charge in [-0.3, -0.25) is 0 Å². The quantitative estimate of drug-likeness (QED) is 0.682. The van der Waals surface area contributed by atoms with E-state index in [4.69, 9.17) is 0 Å². The number of pyridine rings is 1. The molecule has 0 fully saturated rings. The molecule has 0 bridgehead atoms. The number of nitrogens with zero attached hydrogens (tertiary/aromatic N) is 1. The van der Waals surface area contributed by atoms with Gasteiger partial charge in [0, 0.05) is 18.2 Å². The van der Waals surface area contributed by atoms with Crippen molar-refractivity contribution in [3.05, 3.63) is 72.6 Å². The molecule has 1 nitrogen and oxygen atoms in total. The lowest BCUT2D eigenvalue weighted by Gasteiger charge is -1.97. The van der Waals surface area contributed by atoms with Crippen LogP contribution in [-0.4, -0.2) is 0 Å². The second kappa shape index (κ2) is 5.08. The third-order valence-corrected chi connectivity index (χ3v) is 2.38. The van der Waals surface area contributed by atoms with Gasteiger partial charge in [-0.1, -0.05) is 43.0 Å². The van der Waals surface area contributed by atoms with Gasteiger partial charge in [0.2, 0.25) is 0 Å². The van der Waals surface area contributed by atoms with E-state index in [1.165, 1.54) is 5.56 Å². The summed E-state index contributed by atoms with van der Waals surface area (Å²) in [6.45, 7) is 3.81. The zero-order valence-electron chi connectivity index (χ0n) is 9.08. The van der Waals surface area contributed by atoms with Crippen LogP contribution in [0.1, 0.15) is 11.1 Å². The topological polar surface area (TPSA) is 3.88 Å². The van der Waals surface area contributed by atoms with Gasteiger partial charge in [-0.15, -0.1) is 0 Å². The summed E-state index contributed by atoms with van der Waals surface area (Å²) in [6, 6.07) is 14.2. The van der Waals surface area contributed by atoms with Crippen LogP contribution in [-0.2, 0) is 0 Å². The van der Waals surface area contributed by atoms with Crippen LogP contribution < -0.4 is 4.57 Å². The zero-order chi connectivity index (χ0) is 11.2. The summed E-state index contributed by atoms with van der Waals surface area (Å²) in [5.41, 5.74) is 2.32. The number of aromatic nitrogens is 1. The molecule has 2 aromatic rings. The molecule has 0 N–H and O–H groups in total. The Kier molecular flexibility index (Phi) is 3.29. The lowest BCUT2D eigenvalue weighted by molar-refractivity contribution is -0.567. The smallest absolute Gasteiger partial charge is 0.174 e. The average Bonchev–Trinajstić information content (AvgIpc) is 2.38. The Morgan fingerprint density at radius 2 is 1.56 bits per heavy atom. The maximum atomic E-state index is 3.81. The number of hydrogen-bond donors (Lipinski definition) is 0. The van der Waals surface area contributed by atoms with Gasteiger partial charge in [0.05, 0.1) is 0 Å². The highest BCUT2D eigenvalue weighted by Crippen LogP contribution is 2.11. The summed E-state index contributed by atoms with van der Waals surface area (Å²) in [4.78, 5) is 0. The van der Waals surface area contributed by atoms with E-state index in [1.54, 1.807) is 0 Å². The highest BCUT2D eigenvalue weighted by Gasteiger charge is 1.95. The van der Waals surface area contributed by atoms with Crippen molar-refractivity contribution in [3.8, 4) is 0 Å². The number of hydrogen-bond acceptors (Lipinski definition) is 0. The lowest BCUT2D eigenvalue weighted by atomic mass is 10.1. The minimum absolute atomic E-state index is 1.15. The zero-order valence-corrected chi connectivity index (χ0v) is 9.08. The minimum Gasteiger partial charge on any atom is -0.174 e. The summed E-state index contributed by atoms with van der Waals surface area (Å²) in [6.07, 6.45) is 9.99. The maximum absolute atomic E-state index is 3.81. The maximum Gasteiger partial charge on any atom is 0.175 e. The first kappa shape index (κ1) is 10.4. The number of rotatable bonds is 3. The van der Waals surface area contributed by atoms with Crippen LogP contribution in [0.25, 0.3) is 18.4 Å². The van der Waals surface area contributed by atoms with Crippen LogP contribution >= 0.6 is 0 Å². The van der Waals surface area contributed by atoms with Crippen molar-refractivity contribution in [1.82, 2.24) is 0 Å². The van der Waals surface area contributed by atoms with Gasteiger partial charge in [-0.05, 0) is 11.1 Å². The van der Waals surface area contributed by atoms with Crippen molar-refractivity contribution in [3.63, 3.8) is 0 Å². The van der Waals surface area contributed by atoms with Crippen molar-refractivity contribution < 1.29 is 4.57 Å². The van der Waals surface area contributed by atoms with Crippen LogP contribution in [0.2, 0.25) is 0 Å². The predicted octanol–water partition coefficient (Wildman–Crippen LogP) is 3.25. The first-order valence-electron chi connectivity index (χ1n) is 5.25. The average molecular weight is 208 g/mol. The Morgan fingerprint density at radius 1 is 0.875 bits per heavy atom. The van der Waals surface area contributed by atoms with Gasteiger partial charge in [0.15, 0.2) is 18.6 Å². The van der Waals surface area contributed by atoms with Crippen molar-refractivity contribution >= 4 is 18.4 Å². The fourth-order valence-corrected chi connectivity index (χ4v) is 1.53. The minimum atomic E-state index is 1.15. The molecule has 0 aliphatic heterocycles. The monoisotopic (exact) mass is 208 g/mol. The summed E-state index contributed by atoms with van der Waals surface area (Å²) in [5.74, 6) is 0. The second-order valence-corrected chi connectivity index (χ2v) is 3.47. The lowest BCUT2D eigenvalue weighted by Crippen LogP contribution is -2.23. The van der Waals surface area contributed by atoms with Gasteiger partial charge in [-0.2, -0.15) is 4.57 Å². The van der Waals surface area contributed by atoms with Crippen LogP contribution in [0.5, 0.6) is 0 Å². The van der Waals surface area contributed by atoms with Gasteiger partial charge in [-0.25, -0.2) is 0 Å². The first-order valence-corrected chi connectivity index (χ1v) is 5.25. The van der Waals surface area contributed by atoms with E-state index in [2.05, 4.69) is 24.8 Å². The van der Waals surface area contributed by atoms with Crippen molar-refractivity contribution in [2.75, 3.05) is 0 Å². The molecule has 0 spiro atoms. The molecule has 0 aliphatic rings. The van der Waals surface area contributed by atoms with E-state index < -0.39 is 0 Å². The van der Waals surface area contributed by atoms with Crippen molar-refractivity contribution in [2.45, 2.75) is 0 Å². The van der Waals surface area contributed by atoms with Gasteiger partial charge >= 0.3 is 0 Å². The normalized spacial score (nSPS) is 10.5. The molecular formula is C15H14N+. The largest absolute Gasteiger partial charge is 0.175 e. The molecule has 0 saturated heterocycles. The Hall–Kier alpha value is -2.15. The van der Waals surface area contributed by atoms with E-state index >= 15 is 0 Å². The number of benzene rings is 1. The van der Waals surface area contributed by atoms with Gasteiger partial charge in [0.25, 0.3) is 0 Å². The standard InChI is InChI=1S/C15H14N/c1-2-14-8-4-5-9-15(14)10-13-16-11-6-3-7-12-16/h2-13H,1H2/q+1/b13-10+. The summed E-state index contributed by atoms with van der Waals surface area (Å²) >= 11 is 0. The SMILES string of the molecule is C=Cc1ccccc1/C=C/[n+]1ccccc1. The molecule has 0 unspecified atom stereocenters. The molecule has 16 heavy (non-hydrogen) atoms. The van der Waals surface area contributed by atoms with E-state index in [-0.39, 0.29) is 0 Å². The van der Waals surface area contributed by atoms with E-state index in [0.29, 0.717) is 0 Å². The van der Waals surface area contributed by atoms with Crippen LogP contribution in [0.4, 0.5) is 0 Å². The fraction of sp³-hybridized carbons (Fsp3) is 0. The van der Waals surface area contributed by atoms with Crippen molar-refractivity contribution in [1.29, 1.82) is 0 Å². The molecule has 1 heterocycles. The molecule has 2 rings (SSSR count). The second-order valence-electron chi connectivity index (χ2n) is 3.47. The summed E-state index contributed by atoms with van der Waals surface area (Å²) < 4.78 is 2.01. The van der Waals surface area contributed by atoms with Crippen LogP contribution in [0.15, 0.2) is 61.4 Å². The molecule has 78 valence electrons. The molecular weight excluding hydrogens is 194 g/mol. The van der Waals surface area contributed by atoms with E-state index in [0.717, 1.165) is 5.56 Å². The Morgan fingerprint density at radius 3 is 2.25 bits per heavy atom. The van der Waals surface area contributed by atoms with Crippen LogP contribution in [0, 0.1) is 0 Å². The predicted molar refractivity (Wildman–Crippen MR) is 68.4 cm³/mol. The fourth-order valence-electron chi connectivity index (χ4n) is 1.53. The molecule has 0 saturated carbocycles. The molecule has 0 atom stereocenters. The molecule has 1 aromatic heterocycles. The summed E-state index contributed by atoms with van der Waals surface area (Å²) in [7, 11) is 0. The molecule has 1 heteroatoms. The highest BCUT2D eigenvalue weighted by atomic mass is 14.9. The Labute approximate surface area is 96.0 Å². The molecule has 0 amide bonds. The van der Waals surface area contributed by atoms with E-state index in [1.807, 2.05) is 59.6 Å². The first-order chi connectivity index (χ1) is 7.90. The Bertz CT molecular complexity index is 498. The highest BCUT2D eigenvalue weighted by molar-refractivity contribution is 5.67. The molecule has 0 radical (unpaired) electrons. The third kappa shape index (κ3) is 2.45. The molecule has 1 aromatic carbocycles. The van der Waals surface area contributed by atoms with Gasteiger partial charge < -0.3 is 0 Å².